The van der Waals surface area contributed by atoms with Crippen molar-refractivity contribution in [2.24, 2.45) is 0 Å². The Labute approximate surface area is 230 Å². The normalized spacial score (nSPS) is 12.0. The standard InChI is InChI=1S/C29H34ClN3O4S/c1-5-27(29(35)31-6-2)32(19-23-12-10-11-15-26(23)30)28(34)20-33(24-17-21(3)16-22(4)18-24)38(36,37)25-13-8-7-9-14-25/h7-18,27H,5-6,19-20H2,1-4H3,(H,31,35). The molecule has 0 bridgehead atoms. The lowest BCUT2D eigenvalue weighted by Gasteiger charge is -2.33. The summed E-state index contributed by atoms with van der Waals surface area (Å²) >= 11 is 6.41. The molecule has 38 heavy (non-hydrogen) atoms. The van der Waals surface area contributed by atoms with Crippen LogP contribution in [0.5, 0.6) is 0 Å². The van der Waals surface area contributed by atoms with Crippen LogP contribution in [0.1, 0.15) is 37.0 Å². The van der Waals surface area contributed by atoms with Crippen LogP contribution in [0.4, 0.5) is 5.69 Å². The van der Waals surface area contributed by atoms with Crippen molar-refractivity contribution in [3.63, 3.8) is 0 Å². The zero-order valence-electron chi connectivity index (χ0n) is 22.1. The fraction of sp³-hybridized carbons (Fsp3) is 0.310. The average Bonchev–Trinajstić information content (AvgIpc) is 2.88. The van der Waals surface area contributed by atoms with E-state index >= 15 is 0 Å². The molecule has 0 saturated carbocycles. The molecule has 0 heterocycles. The fourth-order valence-electron chi connectivity index (χ4n) is 4.36. The maximum absolute atomic E-state index is 14.0. The van der Waals surface area contributed by atoms with Crippen molar-refractivity contribution in [3.8, 4) is 0 Å². The molecule has 3 aromatic rings. The first kappa shape index (κ1) is 29.2. The molecule has 0 aliphatic heterocycles. The summed E-state index contributed by atoms with van der Waals surface area (Å²) in [7, 11) is -4.10. The minimum absolute atomic E-state index is 0.0558. The van der Waals surface area contributed by atoms with Crippen LogP contribution in [-0.4, -0.2) is 44.3 Å². The van der Waals surface area contributed by atoms with Crippen LogP contribution in [0.2, 0.25) is 5.02 Å². The molecule has 7 nitrogen and oxygen atoms in total. The molecule has 0 fully saturated rings. The highest BCUT2D eigenvalue weighted by Crippen LogP contribution is 2.27. The second-order valence-corrected chi connectivity index (χ2v) is 11.4. The highest BCUT2D eigenvalue weighted by molar-refractivity contribution is 7.92. The van der Waals surface area contributed by atoms with Crippen LogP contribution >= 0.6 is 11.6 Å². The maximum Gasteiger partial charge on any atom is 0.264 e. The van der Waals surface area contributed by atoms with E-state index < -0.39 is 28.5 Å². The van der Waals surface area contributed by atoms with Crippen molar-refractivity contribution in [2.75, 3.05) is 17.4 Å². The molecular formula is C29H34ClN3O4S. The monoisotopic (exact) mass is 555 g/mol. The van der Waals surface area contributed by atoms with Crippen LogP contribution in [0.3, 0.4) is 0 Å². The Morgan fingerprint density at radius 1 is 0.921 bits per heavy atom. The number of nitrogens with one attached hydrogen (secondary N) is 1. The van der Waals surface area contributed by atoms with Crippen LogP contribution in [0.15, 0.2) is 77.7 Å². The summed E-state index contributed by atoms with van der Waals surface area (Å²) in [5.41, 5.74) is 2.77. The molecule has 1 unspecified atom stereocenters. The molecule has 0 radical (unpaired) electrons. The number of hydrogen-bond donors (Lipinski definition) is 1. The van der Waals surface area contributed by atoms with Gasteiger partial charge < -0.3 is 10.2 Å². The molecule has 1 atom stereocenters. The van der Waals surface area contributed by atoms with Crippen LogP contribution in [-0.2, 0) is 26.2 Å². The third-order valence-electron chi connectivity index (χ3n) is 6.14. The quantitative estimate of drug-likeness (QED) is 0.357. The summed E-state index contributed by atoms with van der Waals surface area (Å²) in [6.45, 7) is 7.34. The van der Waals surface area contributed by atoms with E-state index in [-0.39, 0.29) is 17.3 Å². The van der Waals surface area contributed by atoms with Gasteiger partial charge in [0.2, 0.25) is 11.8 Å². The van der Waals surface area contributed by atoms with E-state index in [0.29, 0.717) is 29.2 Å². The Morgan fingerprint density at radius 3 is 2.11 bits per heavy atom. The molecular weight excluding hydrogens is 522 g/mol. The number of aryl methyl sites for hydroxylation is 2. The lowest BCUT2D eigenvalue weighted by molar-refractivity contribution is -0.140. The number of hydrogen-bond acceptors (Lipinski definition) is 4. The number of carbonyl (C=O) groups is 2. The predicted molar refractivity (Wildman–Crippen MR) is 152 cm³/mol. The van der Waals surface area contributed by atoms with Gasteiger partial charge >= 0.3 is 0 Å². The number of rotatable bonds is 11. The third-order valence-corrected chi connectivity index (χ3v) is 8.30. The lowest BCUT2D eigenvalue weighted by atomic mass is 10.1. The number of amides is 2. The molecule has 0 aromatic heterocycles. The molecule has 202 valence electrons. The molecule has 2 amide bonds. The minimum atomic E-state index is -4.10. The van der Waals surface area contributed by atoms with Gasteiger partial charge in [-0.3, -0.25) is 13.9 Å². The lowest BCUT2D eigenvalue weighted by Crippen LogP contribution is -2.52. The van der Waals surface area contributed by atoms with Gasteiger partial charge in [0.05, 0.1) is 10.6 Å². The zero-order valence-corrected chi connectivity index (χ0v) is 23.7. The van der Waals surface area contributed by atoms with E-state index in [1.165, 1.54) is 17.0 Å². The molecule has 1 N–H and O–H groups in total. The number of likely N-dealkylation sites (N-methyl/N-ethyl adjacent to an activating group) is 1. The second kappa shape index (κ2) is 12.9. The van der Waals surface area contributed by atoms with Gasteiger partial charge in [0.15, 0.2) is 0 Å². The predicted octanol–water partition coefficient (Wildman–Crippen LogP) is 5.10. The fourth-order valence-corrected chi connectivity index (χ4v) is 5.98. The largest absolute Gasteiger partial charge is 0.355 e. The Bertz CT molecular complexity index is 1360. The third kappa shape index (κ3) is 6.94. The number of benzene rings is 3. The smallest absolute Gasteiger partial charge is 0.264 e. The van der Waals surface area contributed by atoms with Crippen LogP contribution < -0.4 is 9.62 Å². The SMILES string of the molecule is CCNC(=O)C(CC)N(Cc1ccccc1Cl)C(=O)CN(c1cc(C)cc(C)c1)S(=O)(=O)c1ccccc1. The van der Waals surface area contributed by atoms with Gasteiger partial charge in [-0.25, -0.2) is 8.42 Å². The van der Waals surface area contributed by atoms with Gasteiger partial charge in [0, 0.05) is 18.1 Å². The van der Waals surface area contributed by atoms with Crippen molar-refractivity contribution in [3.05, 3.63) is 94.5 Å². The van der Waals surface area contributed by atoms with Gasteiger partial charge in [-0.15, -0.1) is 0 Å². The number of halogens is 1. The molecule has 0 aliphatic carbocycles. The van der Waals surface area contributed by atoms with E-state index in [1.54, 1.807) is 61.5 Å². The summed E-state index contributed by atoms with van der Waals surface area (Å²) in [6.07, 6.45) is 0.344. The first-order valence-corrected chi connectivity index (χ1v) is 14.4. The first-order chi connectivity index (χ1) is 18.1. The highest BCUT2D eigenvalue weighted by atomic mass is 35.5. The highest BCUT2D eigenvalue weighted by Gasteiger charge is 2.33. The van der Waals surface area contributed by atoms with Crippen molar-refractivity contribution < 1.29 is 18.0 Å². The molecule has 0 aliphatic rings. The number of anilines is 1. The Morgan fingerprint density at radius 2 is 1.53 bits per heavy atom. The Hall–Kier alpha value is -3.36. The number of sulfonamides is 1. The van der Waals surface area contributed by atoms with Gasteiger partial charge in [-0.1, -0.05) is 61.0 Å². The first-order valence-electron chi connectivity index (χ1n) is 12.5. The Balaban J connectivity index is 2.09. The van der Waals surface area contributed by atoms with Crippen molar-refractivity contribution >= 4 is 39.1 Å². The van der Waals surface area contributed by atoms with Crippen molar-refractivity contribution in [1.29, 1.82) is 0 Å². The Kier molecular flexibility index (Phi) is 9.94. The van der Waals surface area contributed by atoms with Gasteiger partial charge in [0.25, 0.3) is 10.0 Å². The van der Waals surface area contributed by atoms with E-state index in [2.05, 4.69) is 5.32 Å². The summed E-state index contributed by atoms with van der Waals surface area (Å²) in [5.74, 6) is -0.819. The number of carbonyl (C=O) groups excluding carboxylic acids is 2. The van der Waals surface area contributed by atoms with Gasteiger partial charge in [-0.2, -0.15) is 0 Å². The topological polar surface area (TPSA) is 86.8 Å². The molecule has 3 aromatic carbocycles. The summed E-state index contributed by atoms with van der Waals surface area (Å²) < 4.78 is 28.8. The van der Waals surface area contributed by atoms with Gasteiger partial charge in [0.1, 0.15) is 12.6 Å². The van der Waals surface area contributed by atoms with Crippen molar-refractivity contribution in [2.45, 2.75) is 51.6 Å². The molecule has 0 spiro atoms. The summed E-state index contributed by atoms with van der Waals surface area (Å²) in [4.78, 5) is 28.5. The van der Waals surface area contributed by atoms with Crippen molar-refractivity contribution in [1.82, 2.24) is 10.2 Å². The van der Waals surface area contributed by atoms with Crippen LogP contribution in [0, 0.1) is 13.8 Å². The van der Waals surface area contributed by atoms with E-state index in [9.17, 15) is 18.0 Å². The average molecular weight is 556 g/mol. The molecule has 0 saturated heterocycles. The minimum Gasteiger partial charge on any atom is -0.355 e. The molecule has 9 heteroatoms. The molecule has 3 rings (SSSR count). The maximum atomic E-state index is 14.0. The van der Waals surface area contributed by atoms with E-state index in [1.807, 2.05) is 26.8 Å². The van der Waals surface area contributed by atoms with E-state index in [0.717, 1.165) is 15.4 Å². The zero-order chi connectivity index (χ0) is 27.9. The summed E-state index contributed by atoms with van der Waals surface area (Å²) in [6, 6.07) is 19.7. The van der Waals surface area contributed by atoms with Crippen LogP contribution in [0.25, 0.3) is 0 Å². The summed E-state index contributed by atoms with van der Waals surface area (Å²) in [5, 5.41) is 3.25. The number of nitrogens with zero attached hydrogens (tertiary/aromatic N) is 2. The second-order valence-electron chi connectivity index (χ2n) is 9.10. The van der Waals surface area contributed by atoms with E-state index in [4.69, 9.17) is 11.6 Å². The van der Waals surface area contributed by atoms with Gasteiger partial charge in [-0.05, 0) is 74.2 Å².